The van der Waals surface area contributed by atoms with Gasteiger partial charge in [0.15, 0.2) is 0 Å². The molecule has 2 heterocycles. The van der Waals surface area contributed by atoms with Crippen LogP contribution in [0.15, 0.2) is 48.7 Å². The Labute approximate surface area is 185 Å². The minimum atomic E-state index is -0.291. The van der Waals surface area contributed by atoms with Gasteiger partial charge < -0.3 is 10.6 Å². The predicted molar refractivity (Wildman–Crippen MR) is 119 cm³/mol. The molecule has 3 aromatic rings. The number of benzene rings is 1. The lowest BCUT2D eigenvalue weighted by atomic mass is 9.91. The number of amides is 1. The number of hydrogen-bond donors (Lipinski definition) is 2. The first kappa shape index (κ1) is 21.2. The summed E-state index contributed by atoms with van der Waals surface area (Å²) in [6, 6.07) is 12.2. The summed E-state index contributed by atoms with van der Waals surface area (Å²) in [4.78, 5) is 24.8. The molecular weight excluding hydrogens is 417 g/mol. The lowest BCUT2D eigenvalue weighted by molar-refractivity contribution is -0.119. The molecule has 0 atom stereocenters. The predicted octanol–water partition coefficient (Wildman–Crippen LogP) is 4.86. The number of carbonyl (C=O) groups is 1. The number of aromatic nitrogens is 3. The van der Waals surface area contributed by atoms with Crippen LogP contribution in [-0.2, 0) is 4.79 Å². The van der Waals surface area contributed by atoms with Gasteiger partial charge in [0, 0.05) is 24.6 Å². The van der Waals surface area contributed by atoms with Gasteiger partial charge in [0.05, 0.1) is 22.6 Å². The maximum atomic E-state index is 13.2. The SMILES string of the molecule is CC(=O)NC1CCC(Nc2ncc(Cl)c(-c3cccc(-c4ccc(F)cc4)n3)n2)CC1. The van der Waals surface area contributed by atoms with Crippen molar-refractivity contribution in [2.45, 2.75) is 44.7 Å². The van der Waals surface area contributed by atoms with Gasteiger partial charge in [-0.2, -0.15) is 0 Å². The molecule has 1 aliphatic rings. The van der Waals surface area contributed by atoms with E-state index in [1.54, 1.807) is 25.3 Å². The van der Waals surface area contributed by atoms with Crippen LogP contribution in [-0.4, -0.2) is 32.9 Å². The first-order valence-corrected chi connectivity index (χ1v) is 10.7. The van der Waals surface area contributed by atoms with Gasteiger partial charge in [-0.3, -0.25) is 4.79 Å². The van der Waals surface area contributed by atoms with E-state index in [4.69, 9.17) is 11.6 Å². The highest BCUT2D eigenvalue weighted by Gasteiger charge is 2.22. The molecule has 0 radical (unpaired) electrons. The quantitative estimate of drug-likeness (QED) is 0.593. The molecule has 8 heteroatoms. The Kier molecular flexibility index (Phi) is 6.42. The summed E-state index contributed by atoms with van der Waals surface area (Å²) in [6.07, 6.45) is 5.24. The molecule has 2 N–H and O–H groups in total. The zero-order valence-electron chi connectivity index (χ0n) is 17.1. The van der Waals surface area contributed by atoms with E-state index in [1.165, 1.54) is 12.1 Å². The van der Waals surface area contributed by atoms with Crippen LogP contribution in [0, 0.1) is 5.82 Å². The summed E-state index contributed by atoms with van der Waals surface area (Å²) in [5.74, 6) is 0.217. The van der Waals surface area contributed by atoms with Gasteiger partial charge in [-0.05, 0) is 62.1 Å². The summed E-state index contributed by atoms with van der Waals surface area (Å²) in [5, 5.41) is 6.77. The molecule has 0 spiro atoms. The molecule has 0 aliphatic heterocycles. The normalized spacial score (nSPS) is 18.4. The van der Waals surface area contributed by atoms with Crippen LogP contribution >= 0.6 is 11.6 Å². The fourth-order valence-electron chi connectivity index (χ4n) is 3.82. The van der Waals surface area contributed by atoms with Crippen LogP contribution in [0.4, 0.5) is 10.3 Å². The first-order chi connectivity index (χ1) is 15.0. The zero-order chi connectivity index (χ0) is 21.8. The van der Waals surface area contributed by atoms with Crippen LogP contribution in [0.2, 0.25) is 5.02 Å². The fraction of sp³-hybridized carbons (Fsp3) is 0.304. The maximum absolute atomic E-state index is 13.2. The number of nitrogens with one attached hydrogen (secondary N) is 2. The summed E-state index contributed by atoms with van der Waals surface area (Å²) in [6.45, 7) is 1.55. The number of nitrogens with zero attached hydrogens (tertiary/aromatic N) is 3. The van der Waals surface area contributed by atoms with Gasteiger partial charge in [0.2, 0.25) is 11.9 Å². The summed E-state index contributed by atoms with van der Waals surface area (Å²) in [5.41, 5.74) is 2.67. The summed E-state index contributed by atoms with van der Waals surface area (Å²) in [7, 11) is 0. The Morgan fingerprint density at radius 1 is 1.00 bits per heavy atom. The van der Waals surface area contributed by atoms with E-state index in [0.717, 1.165) is 31.2 Å². The van der Waals surface area contributed by atoms with Crippen molar-refractivity contribution in [3.63, 3.8) is 0 Å². The van der Waals surface area contributed by atoms with Gasteiger partial charge in [0.1, 0.15) is 11.5 Å². The van der Waals surface area contributed by atoms with Crippen LogP contribution in [0.25, 0.3) is 22.6 Å². The molecule has 2 aromatic heterocycles. The molecule has 1 amide bonds. The number of pyridine rings is 1. The molecule has 6 nitrogen and oxygen atoms in total. The monoisotopic (exact) mass is 439 g/mol. The second kappa shape index (κ2) is 9.39. The summed E-state index contributed by atoms with van der Waals surface area (Å²) < 4.78 is 13.2. The number of rotatable bonds is 5. The van der Waals surface area contributed by atoms with Crippen LogP contribution in [0.1, 0.15) is 32.6 Å². The van der Waals surface area contributed by atoms with E-state index in [-0.39, 0.29) is 23.8 Å². The van der Waals surface area contributed by atoms with Gasteiger partial charge in [-0.15, -0.1) is 0 Å². The lowest BCUT2D eigenvalue weighted by Crippen LogP contribution is -2.39. The number of anilines is 1. The third-order valence-electron chi connectivity index (χ3n) is 5.34. The largest absolute Gasteiger partial charge is 0.354 e. The minimum Gasteiger partial charge on any atom is -0.354 e. The number of halogens is 2. The number of hydrogen-bond acceptors (Lipinski definition) is 5. The van der Waals surface area contributed by atoms with Crippen molar-refractivity contribution in [1.29, 1.82) is 0 Å². The second-order valence-corrected chi connectivity index (χ2v) is 8.11. The Morgan fingerprint density at radius 3 is 2.39 bits per heavy atom. The third kappa shape index (κ3) is 5.35. The third-order valence-corrected chi connectivity index (χ3v) is 5.62. The summed E-state index contributed by atoms with van der Waals surface area (Å²) >= 11 is 6.38. The van der Waals surface area contributed by atoms with Crippen LogP contribution in [0.3, 0.4) is 0 Å². The van der Waals surface area contributed by atoms with E-state index >= 15 is 0 Å². The van der Waals surface area contributed by atoms with Gasteiger partial charge in [0.25, 0.3) is 0 Å². The highest BCUT2D eigenvalue weighted by molar-refractivity contribution is 6.32. The molecule has 1 aliphatic carbocycles. The molecule has 0 saturated heterocycles. The van der Waals surface area contributed by atoms with Gasteiger partial charge in [-0.1, -0.05) is 17.7 Å². The van der Waals surface area contributed by atoms with E-state index in [2.05, 4.69) is 25.6 Å². The average molecular weight is 440 g/mol. The lowest BCUT2D eigenvalue weighted by Gasteiger charge is -2.29. The van der Waals surface area contributed by atoms with E-state index < -0.39 is 0 Å². The average Bonchev–Trinajstić information content (AvgIpc) is 2.77. The number of carbonyl (C=O) groups excluding carboxylic acids is 1. The van der Waals surface area contributed by atoms with Crippen molar-refractivity contribution in [1.82, 2.24) is 20.3 Å². The molecule has 1 aromatic carbocycles. The van der Waals surface area contributed by atoms with Crippen molar-refractivity contribution in [2.24, 2.45) is 0 Å². The first-order valence-electron chi connectivity index (χ1n) is 10.3. The molecule has 0 unspecified atom stereocenters. The Bertz CT molecular complexity index is 1070. The molecule has 0 bridgehead atoms. The van der Waals surface area contributed by atoms with Gasteiger partial charge in [-0.25, -0.2) is 19.3 Å². The van der Waals surface area contributed by atoms with Crippen molar-refractivity contribution < 1.29 is 9.18 Å². The molecular formula is C23H23ClFN5O. The smallest absolute Gasteiger partial charge is 0.223 e. The zero-order valence-corrected chi connectivity index (χ0v) is 17.9. The molecule has 31 heavy (non-hydrogen) atoms. The van der Waals surface area contributed by atoms with Gasteiger partial charge >= 0.3 is 0 Å². The van der Waals surface area contributed by atoms with Crippen molar-refractivity contribution in [2.75, 3.05) is 5.32 Å². The Morgan fingerprint density at radius 2 is 1.68 bits per heavy atom. The highest BCUT2D eigenvalue weighted by Crippen LogP contribution is 2.28. The van der Waals surface area contributed by atoms with Crippen molar-refractivity contribution in [3.05, 3.63) is 59.5 Å². The van der Waals surface area contributed by atoms with E-state index in [1.807, 2.05) is 18.2 Å². The van der Waals surface area contributed by atoms with Crippen LogP contribution < -0.4 is 10.6 Å². The Hall–Kier alpha value is -3.06. The van der Waals surface area contributed by atoms with E-state index in [0.29, 0.717) is 28.1 Å². The molecule has 1 saturated carbocycles. The van der Waals surface area contributed by atoms with Crippen molar-refractivity contribution >= 4 is 23.5 Å². The van der Waals surface area contributed by atoms with E-state index in [9.17, 15) is 9.18 Å². The minimum absolute atomic E-state index is 0.0115. The second-order valence-electron chi connectivity index (χ2n) is 7.70. The molecule has 160 valence electrons. The van der Waals surface area contributed by atoms with Crippen molar-refractivity contribution in [3.8, 4) is 22.6 Å². The standard InChI is InChI=1S/C23H23ClFN5O/c1-14(31)27-17-9-11-18(12-10-17)28-23-26-13-19(24)22(30-23)21-4-2-3-20(29-21)15-5-7-16(25)8-6-15/h2-8,13,17-18H,9-12H2,1H3,(H,27,31)(H,26,28,30). The molecule has 4 rings (SSSR count). The van der Waals surface area contributed by atoms with Crippen LogP contribution in [0.5, 0.6) is 0 Å². The maximum Gasteiger partial charge on any atom is 0.223 e. The highest BCUT2D eigenvalue weighted by atomic mass is 35.5. The fourth-order valence-corrected chi connectivity index (χ4v) is 4.00. The molecule has 1 fully saturated rings. The topological polar surface area (TPSA) is 79.8 Å². The Balaban J connectivity index is 1.50.